The van der Waals surface area contributed by atoms with Crippen molar-refractivity contribution in [3.63, 3.8) is 0 Å². The summed E-state index contributed by atoms with van der Waals surface area (Å²) in [6, 6.07) is 9.30. The van der Waals surface area contributed by atoms with Crippen LogP contribution in [0.3, 0.4) is 0 Å². The third-order valence-electron chi connectivity index (χ3n) is 1.62. The zero-order valence-corrected chi connectivity index (χ0v) is 8.07. The number of hydrogen-bond donors (Lipinski definition) is 0. The normalized spacial score (nSPS) is 10.1. The Hall–Kier alpha value is -1.83. The summed E-state index contributed by atoms with van der Waals surface area (Å²) in [6.07, 6.45) is 2.98. The predicted molar refractivity (Wildman–Crippen MR) is 56.4 cm³/mol. The van der Waals surface area contributed by atoms with Crippen molar-refractivity contribution in [3.05, 3.63) is 54.6 Å². The number of esters is 1. The molecule has 0 aliphatic rings. The highest BCUT2D eigenvalue weighted by atomic mass is 16.5. The Kier molecular flexibility index (Phi) is 3.68. The Morgan fingerprint density at radius 2 is 2.00 bits per heavy atom. The Labute approximate surface area is 83.5 Å². The first-order valence-corrected chi connectivity index (χ1v) is 4.33. The van der Waals surface area contributed by atoms with E-state index in [0.717, 1.165) is 5.56 Å². The molecule has 0 fully saturated rings. The lowest BCUT2D eigenvalue weighted by atomic mass is 10.2. The summed E-state index contributed by atoms with van der Waals surface area (Å²) in [7, 11) is 0. The molecule has 0 saturated heterocycles. The van der Waals surface area contributed by atoms with Gasteiger partial charge in [0.05, 0.1) is 0 Å². The topological polar surface area (TPSA) is 26.3 Å². The van der Waals surface area contributed by atoms with E-state index in [9.17, 15) is 4.79 Å². The van der Waals surface area contributed by atoms with Crippen molar-refractivity contribution in [2.24, 2.45) is 0 Å². The lowest BCUT2D eigenvalue weighted by molar-refractivity contribution is -0.131. The molecule has 0 aliphatic carbocycles. The maximum atomic E-state index is 11.1. The highest BCUT2D eigenvalue weighted by Gasteiger charge is 2.02. The SMILES string of the molecule is C=C(OC(=O)C=CC)c1ccccc1. The molecule has 0 heterocycles. The molecule has 2 nitrogen and oxygen atoms in total. The van der Waals surface area contributed by atoms with Gasteiger partial charge >= 0.3 is 5.97 Å². The van der Waals surface area contributed by atoms with Gasteiger partial charge in [0, 0.05) is 11.6 Å². The van der Waals surface area contributed by atoms with Crippen LogP contribution in [-0.2, 0) is 9.53 Å². The second kappa shape index (κ2) is 5.02. The zero-order chi connectivity index (χ0) is 10.4. The van der Waals surface area contributed by atoms with Gasteiger partial charge in [-0.3, -0.25) is 0 Å². The van der Waals surface area contributed by atoms with Gasteiger partial charge in [0.25, 0.3) is 0 Å². The van der Waals surface area contributed by atoms with Gasteiger partial charge < -0.3 is 4.74 Å². The number of benzene rings is 1. The molecule has 72 valence electrons. The van der Waals surface area contributed by atoms with Gasteiger partial charge in [-0.2, -0.15) is 0 Å². The molecule has 2 heteroatoms. The Bertz CT molecular complexity index is 350. The lowest BCUT2D eigenvalue weighted by Crippen LogP contribution is -1.98. The second-order valence-electron chi connectivity index (χ2n) is 2.71. The molecule has 0 N–H and O–H groups in total. The van der Waals surface area contributed by atoms with Crippen molar-refractivity contribution >= 4 is 11.7 Å². The molecule has 0 radical (unpaired) electrons. The molecule has 0 spiro atoms. The molecule has 14 heavy (non-hydrogen) atoms. The van der Waals surface area contributed by atoms with E-state index < -0.39 is 5.97 Å². The molecule has 1 aromatic rings. The van der Waals surface area contributed by atoms with Gasteiger partial charge in [-0.15, -0.1) is 0 Å². The average molecular weight is 188 g/mol. The first-order valence-electron chi connectivity index (χ1n) is 4.33. The molecule has 0 unspecified atom stereocenters. The zero-order valence-electron chi connectivity index (χ0n) is 8.07. The second-order valence-corrected chi connectivity index (χ2v) is 2.71. The molecule has 1 aromatic carbocycles. The van der Waals surface area contributed by atoms with Crippen LogP contribution in [0.25, 0.3) is 5.76 Å². The van der Waals surface area contributed by atoms with Crippen LogP contribution < -0.4 is 0 Å². The van der Waals surface area contributed by atoms with Crippen LogP contribution in [0.5, 0.6) is 0 Å². The number of ether oxygens (including phenoxy) is 1. The van der Waals surface area contributed by atoms with Crippen LogP contribution in [0.2, 0.25) is 0 Å². The van der Waals surface area contributed by atoms with E-state index in [4.69, 9.17) is 4.74 Å². The standard InChI is InChI=1S/C12H12O2/c1-3-7-12(13)14-10(2)11-8-5-4-6-9-11/h3-9H,2H2,1H3. The molecule has 0 atom stereocenters. The number of rotatable bonds is 3. The summed E-state index contributed by atoms with van der Waals surface area (Å²) >= 11 is 0. The highest BCUT2D eigenvalue weighted by molar-refractivity contribution is 5.86. The number of carbonyl (C=O) groups excluding carboxylic acids is 1. The van der Waals surface area contributed by atoms with Gasteiger partial charge in [0.15, 0.2) is 0 Å². The van der Waals surface area contributed by atoms with E-state index in [-0.39, 0.29) is 0 Å². The largest absolute Gasteiger partial charge is 0.423 e. The van der Waals surface area contributed by atoms with Crippen LogP contribution in [0.1, 0.15) is 12.5 Å². The van der Waals surface area contributed by atoms with Crippen molar-refractivity contribution in [2.75, 3.05) is 0 Å². The van der Waals surface area contributed by atoms with Gasteiger partial charge in [-0.25, -0.2) is 4.79 Å². The van der Waals surface area contributed by atoms with Crippen LogP contribution in [0.4, 0.5) is 0 Å². The number of carbonyl (C=O) groups is 1. The average Bonchev–Trinajstić information content (AvgIpc) is 2.19. The maximum absolute atomic E-state index is 11.1. The van der Waals surface area contributed by atoms with Gasteiger partial charge in [0.2, 0.25) is 0 Å². The highest BCUT2D eigenvalue weighted by Crippen LogP contribution is 2.12. The third-order valence-corrected chi connectivity index (χ3v) is 1.62. The molecule has 0 saturated carbocycles. The molecule has 0 amide bonds. The van der Waals surface area contributed by atoms with Crippen LogP contribution in [-0.4, -0.2) is 5.97 Å². The minimum Gasteiger partial charge on any atom is -0.423 e. The fourth-order valence-electron chi connectivity index (χ4n) is 0.974. The molecule has 0 aliphatic heterocycles. The maximum Gasteiger partial charge on any atom is 0.335 e. The van der Waals surface area contributed by atoms with Crippen molar-refractivity contribution in [1.82, 2.24) is 0 Å². The lowest BCUT2D eigenvalue weighted by Gasteiger charge is -2.04. The minimum atomic E-state index is -0.402. The minimum absolute atomic E-state index is 0.369. The summed E-state index contributed by atoms with van der Waals surface area (Å²) in [5.41, 5.74) is 0.811. The van der Waals surface area contributed by atoms with Crippen LogP contribution in [0, 0.1) is 0 Å². The molecule has 0 bridgehead atoms. The quantitative estimate of drug-likeness (QED) is 0.414. The first kappa shape index (κ1) is 10.3. The molecular weight excluding hydrogens is 176 g/mol. The van der Waals surface area contributed by atoms with E-state index in [1.54, 1.807) is 13.0 Å². The Morgan fingerprint density at radius 3 is 2.57 bits per heavy atom. The molecular formula is C12H12O2. The van der Waals surface area contributed by atoms with E-state index in [1.165, 1.54) is 6.08 Å². The van der Waals surface area contributed by atoms with E-state index in [2.05, 4.69) is 6.58 Å². The summed E-state index contributed by atoms with van der Waals surface area (Å²) in [6.45, 7) is 5.43. The summed E-state index contributed by atoms with van der Waals surface area (Å²) in [5, 5.41) is 0. The molecule has 1 rings (SSSR count). The number of allylic oxidation sites excluding steroid dienone is 1. The van der Waals surface area contributed by atoms with Crippen molar-refractivity contribution in [1.29, 1.82) is 0 Å². The van der Waals surface area contributed by atoms with Crippen molar-refractivity contribution in [2.45, 2.75) is 6.92 Å². The number of hydrogen-bond acceptors (Lipinski definition) is 2. The third kappa shape index (κ3) is 2.90. The van der Waals surface area contributed by atoms with Crippen molar-refractivity contribution < 1.29 is 9.53 Å². The smallest absolute Gasteiger partial charge is 0.335 e. The van der Waals surface area contributed by atoms with Crippen LogP contribution in [0.15, 0.2) is 49.1 Å². The Morgan fingerprint density at radius 1 is 1.36 bits per heavy atom. The van der Waals surface area contributed by atoms with E-state index in [1.807, 2.05) is 30.3 Å². The van der Waals surface area contributed by atoms with Gasteiger partial charge in [-0.05, 0) is 6.92 Å². The van der Waals surface area contributed by atoms with E-state index >= 15 is 0 Å². The van der Waals surface area contributed by atoms with Crippen molar-refractivity contribution in [3.8, 4) is 0 Å². The fourth-order valence-corrected chi connectivity index (χ4v) is 0.974. The van der Waals surface area contributed by atoms with Gasteiger partial charge in [-0.1, -0.05) is 43.0 Å². The predicted octanol–water partition coefficient (Wildman–Crippen LogP) is 2.78. The van der Waals surface area contributed by atoms with E-state index in [0.29, 0.717) is 5.76 Å². The molecule has 0 aromatic heterocycles. The summed E-state index contributed by atoms with van der Waals surface area (Å²) < 4.78 is 4.96. The summed E-state index contributed by atoms with van der Waals surface area (Å²) in [4.78, 5) is 11.1. The van der Waals surface area contributed by atoms with Gasteiger partial charge in [0.1, 0.15) is 5.76 Å². The Balaban J connectivity index is 2.64. The first-order chi connectivity index (χ1) is 6.74. The van der Waals surface area contributed by atoms with Crippen LogP contribution >= 0.6 is 0 Å². The fraction of sp³-hybridized carbons (Fsp3) is 0.0833. The monoisotopic (exact) mass is 188 g/mol. The summed E-state index contributed by atoms with van der Waals surface area (Å²) in [5.74, 6) is -0.0324.